The third-order valence-electron chi connectivity index (χ3n) is 10.2. The standard InChI is InChI=1S/C36H49FN2O9Si/c1-12-13-16-44-32-26-29(47-38-32)27(39(8)9)21-18-19-17-20-22(37)14-15-23(45-33(43)46-34(2,3)4)25(20)28(40)24(19)30(41)36(21,31(26)42)48-49(10,11)35(5,6)7/h14-15,19,21,27,40H,12-13,16-18H2,1-11H3/t19-,21-,27-,36-/m0/s1. The molecular formula is C36H49FN2O9Si. The number of ketones is 2. The van der Waals surface area contributed by atoms with Gasteiger partial charge in [-0.15, -0.1) is 0 Å². The van der Waals surface area contributed by atoms with Crippen molar-refractivity contribution < 1.29 is 47.0 Å². The van der Waals surface area contributed by atoms with Gasteiger partial charge in [0.05, 0.1) is 18.2 Å². The molecule has 1 heterocycles. The van der Waals surface area contributed by atoms with Crippen molar-refractivity contribution in [2.75, 3.05) is 20.7 Å². The lowest BCUT2D eigenvalue weighted by atomic mass is 9.57. The summed E-state index contributed by atoms with van der Waals surface area (Å²) < 4.78 is 45.2. The zero-order chi connectivity index (χ0) is 36.4. The smallest absolute Gasteiger partial charge is 0.507 e. The number of fused-ring (bicyclic) bond motifs is 4. The van der Waals surface area contributed by atoms with Crippen LogP contribution in [0, 0.1) is 17.7 Å². The van der Waals surface area contributed by atoms with Gasteiger partial charge in [0.2, 0.25) is 11.6 Å². The van der Waals surface area contributed by atoms with Gasteiger partial charge in [0.15, 0.2) is 19.7 Å². The summed E-state index contributed by atoms with van der Waals surface area (Å²) in [6.45, 7) is 17.3. The van der Waals surface area contributed by atoms with Gasteiger partial charge in [-0.3, -0.25) is 14.5 Å². The second-order valence-corrected chi connectivity index (χ2v) is 20.8. The van der Waals surface area contributed by atoms with Crippen molar-refractivity contribution >= 4 is 31.8 Å². The van der Waals surface area contributed by atoms with Crippen molar-refractivity contribution in [1.82, 2.24) is 10.1 Å². The van der Waals surface area contributed by atoms with Gasteiger partial charge in [-0.05, 0) is 95.5 Å². The van der Waals surface area contributed by atoms with Crippen LogP contribution in [0.5, 0.6) is 11.6 Å². The highest BCUT2D eigenvalue weighted by molar-refractivity contribution is 6.74. The summed E-state index contributed by atoms with van der Waals surface area (Å²) in [6.07, 6.45) is 0.695. The second kappa shape index (κ2) is 12.6. The molecule has 49 heavy (non-hydrogen) atoms. The number of rotatable bonds is 8. The maximum absolute atomic E-state index is 15.5. The van der Waals surface area contributed by atoms with E-state index in [4.69, 9.17) is 23.2 Å². The van der Waals surface area contributed by atoms with Crippen molar-refractivity contribution in [2.45, 2.75) is 110 Å². The highest BCUT2D eigenvalue weighted by Gasteiger charge is 2.69. The van der Waals surface area contributed by atoms with Crippen LogP contribution in [0.3, 0.4) is 0 Å². The van der Waals surface area contributed by atoms with Crippen LogP contribution in [0.4, 0.5) is 9.18 Å². The van der Waals surface area contributed by atoms with E-state index in [9.17, 15) is 9.90 Å². The molecule has 1 fully saturated rings. The number of benzene rings is 1. The van der Waals surface area contributed by atoms with Crippen LogP contribution in [0.2, 0.25) is 18.1 Å². The number of unbranched alkanes of at least 4 members (excludes halogenated alkanes) is 1. The normalized spacial score (nSPS) is 23.9. The van der Waals surface area contributed by atoms with E-state index in [1.165, 1.54) is 6.07 Å². The first-order valence-electron chi connectivity index (χ1n) is 16.9. The first-order valence-corrected chi connectivity index (χ1v) is 19.8. The average Bonchev–Trinajstić information content (AvgIpc) is 3.37. The number of aromatic nitrogens is 1. The van der Waals surface area contributed by atoms with Crippen LogP contribution < -0.4 is 9.47 Å². The molecule has 2 aromatic rings. The quantitative estimate of drug-likeness (QED) is 0.0958. The number of nitrogens with zero attached hydrogens (tertiary/aromatic N) is 2. The molecule has 1 N–H and O–H groups in total. The Bertz CT molecular complexity index is 1700. The van der Waals surface area contributed by atoms with Gasteiger partial charge in [-0.1, -0.05) is 34.1 Å². The third kappa shape index (κ3) is 6.22. The maximum Gasteiger partial charge on any atom is 0.514 e. The molecule has 0 bridgehead atoms. The molecule has 11 nitrogen and oxygen atoms in total. The summed E-state index contributed by atoms with van der Waals surface area (Å²) in [5, 5.41) is 15.7. The van der Waals surface area contributed by atoms with Gasteiger partial charge in [-0.2, -0.15) is 0 Å². The Labute approximate surface area is 288 Å². The summed E-state index contributed by atoms with van der Waals surface area (Å²) in [5.41, 5.74) is -3.03. The lowest BCUT2D eigenvalue weighted by Gasteiger charge is -2.55. The van der Waals surface area contributed by atoms with Crippen LogP contribution in [-0.4, -0.2) is 73.1 Å². The van der Waals surface area contributed by atoms with Gasteiger partial charge in [0.1, 0.15) is 28.5 Å². The predicted octanol–water partition coefficient (Wildman–Crippen LogP) is 7.60. The Morgan fingerprint density at radius 3 is 2.39 bits per heavy atom. The highest BCUT2D eigenvalue weighted by Crippen LogP contribution is 2.59. The van der Waals surface area contributed by atoms with Crippen molar-refractivity contribution in [3.63, 3.8) is 0 Å². The Balaban J connectivity index is 1.75. The number of aliphatic hydroxyl groups excluding tert-OH is 1. The van der Waals surface area contributed by atoms with Gasteiger partial charge < -0.3 is 28.3 Å². The summed E-state index contributed by atoms with van der Waals surface area (Å²) >= 11 is 0. The largest absolute Gasteiger partial charge is 0.514 e. The van der Waals surface area contributed by atoms with E-state index < -0.39 is 71.7 Å². The van der Waals surface area contributed by atoms with Crippen molar-refractivity contribution in [1.29, 1.82) is 0 Å². The van der Waals surface area contributed by atoms with Crippen molar-refractivity contribution in [3.8, 4) is 11.6 Å². The van der Waals surface area contributed by atoms with Crippen LogP contribution in [-0.2, 0) is 20.4 Å². The molecule has 268 valence electrons. The molecule has 0 aliphatic heterocycles. The number of carbonyl (C=O) groups is 3. The number of halogens is 1. The SMILES string of the molecule is CCCCOc1noc2c1C(=O)[C@@]1(O[Si](C)(C)C(C)(C)C)C(=O)C3=C(O)c4c(OC(=O)OC(C)(C)C)ccc(F)c4C[C@H]3C[C@H]1[C@@H]2N(C)C. The van der Waals surface area contributed by atoms with E-state index in [-0.39, 0.29) is 52.5 Å². The highest BCUT2D eigenvalue weighted by atomic mass is 28.4. The number of hydrogen-bond donors (Lipinski definition) is 1. The molecule has 0 saturated heterocycles. The van der Waals surface area contributed by atoms with E-state index in [1.54, 1.807) is 20.8 Å². The fourth-order valence-electron chi connectivity index (χ4n) is 6.94. The number of hydrogen-bond acceptors (Lipinski definition) is 11. The molecule has 0 amide bonds. The molecule has 13 heteroatoms. The molecule has 0 spiro atoms. The average molecular weight is 701 g/mol. The minimum absolute atomic E-state index is 0.00538. The first kappa shape index (κ1) is 36.7. The van der Waals surface area contributed by atoms with Crippen molar-refractivity contribution in [2.24, 2.45) is 11.8 Å². The van der Waals surface area contributed by atoms with Crippen LogP contribution in [0.25, 0.3) is 5.76 Å². The Kier molecular flexibility index (Phi) is 9.48. The molecule has 3 aliphatic carbocycles. The molecule has 0 radical (unpaired) electrons. The zero-order valence-corrected chi connectivity index (χ0v) is 31.4. The fraction of sp³-hybridized carbons (Fsp3) is 0.611. The number of carbonyl (C=O) groups excluding carboxylic acids is 3. The molecule has 1 aromatic heterocycles. The minimum atomic E-state index is -2.92. The van der Waals surface area contributed by atoms with E-state index in [2.05, 4.69) is 5.16 Å². The summed E-state index contributed by atoms with van der Waals surface area (Å²) in [6, 6.07) is 1.72. The van der Waals surface area contributed by atoms with Gasteiger partial charge in [-0.25, -0.2) is 9.18 Å². The first-order chi connectivity index (χ1) is 22.7. The molecule has 1 aromatic carbocycles. The Hall–Kier alpha value is -3.55. The number of Topliss-reactive ketones (excluding diaryl/α,β-unsaturated/α-hetero) is 2. The molecule has 3 aliphatic rings. The summed E-state index contributed by atoms with van der Waals surface area (Å²) in [4.78, 5) is 45.1. The van der Waals surface area contributed by atoms with Crippen LogP contribution in [0.1, 0.15) is 101 Å². The van der Waals surface area contributed by atoms with E-state index in [0.29, 0.717) is 13.0 Å². The van der Waals surface area contributed by atoms with E-state index in [0.717, 1.165) is 12.5 Å². The minimum Gasteiger partial charge on any atom is -0.507 e. The Morgan fingerprint density at radius 1 is 1.12 bits per heavy atom. The Morgan fingerprint density at radius 2 is 1.80 bits per heavy atom. The van der Waals surface area contributed by atoms with Crippen molar-refractivity contribution in [3.05, 3.63) is 46.0 Å². The topological polar surface area (TPSA) is 138 Å². The number of ether oxygens (including phenoxy) is 3. The molecule has 5 rings (SSSR count). The maximum atomic E-state index is 15.5. The van der Waals surface area contributed by atoms with E-state index in [1.807, 2.05) is 59.8 Å². The zero-order valence-electron chi connectivity index (χ0n) is 30.4. The third-order valence-corrected chi connectivity index (χ3v) is 14.7. The lowest BCUT2D eigenvalue weighted by Crippen LogP contribution is -2.68. The van der Waals surface area contributed by atoms with Gasteiger partial charge >= 0.3 is 6.16 Å². The van der Waals surface area contributed by atoms with Gasteiger partial charge in [0.25, 0.3) is 5.88 Å². The summed E-state index contributed by atoms with van der Waals surface area (Å²) in [5.74, 6) is -3.91. The lowest BCUT2D eigenvalue weighted by molar-refractivity contribution is -0.140. The van der Waals surface area contributed by atoms with Crippen LogP contribution >= 0.6 is 0 Å². The van der Waals surface area contributed by atoms with Gasteiger partial charge in [0, 0.05) is 17.1 Å². The summed E-state index contributed by atoms with van der Waals surface area (Å²) in [7, 11) is 0.724. The second-order valence-electron chi connectivity index (χ2n) is 16.1. The monoisotopic (exact) mass is 700 g/mol. The molecule has 0 unspecified atom stereocenters. The molecular weight excluding hydrogens is 651 g/mol. The molecule has 1 saturated carbocycles. The van der Waals surface area contributed by atoms with E-state index >= 15 is 14.0 Å². The molecule has 4 atom stereocenters. The number of aliphatic hydroxyl groups is 1. The van der Waals surface area contributed by atoms with Crippen LogP contribution in [0.15, 0.2) is 22.2 Å². The predicted molar refractivity (Wildman–Crippen MR) is 182 cm³/mol. The fourth-order valence-corrected chi connectivity index (χ4v) is 8.38.